The van der Waals surface area contributed by atoms with Gasteiger partial charge in [0.2, 0.25) is 0 Å². The average molecular weight is 1420 g/mol. The number of hydrogen-bond donors (Lipinski definition) is 0. The van der Waals surface area contributed by atoms with Gasteiger partial charge in [-0.1, -0.05) is 296 Å². The molecule has 0 bridgehead atoms. The van der Waals surface area contributed by atoms with Crippen LogP contribution in [0.25, 0.3) is 87.2 Å². The summed E-state index contributed by atoms with van der Waals surface area (Å²) in [4.78, 5) is 34.1. The fourth-order valence-electron chi connectivity index (χ4n) is 9.49. The van der Waals surface area contributed by atoms with Crippen LogP contribution in [-0.4, -0.2) is 39.9 Å². The third kappa shape index (κ3) is 34.3. The highest BCUT2D eigenvalue weighted by atomic mass is 14.7. The quantitative estimate of drug-likeness (QED) is 0.148. The van der Waals surface area contributed by atoms with Gasteiger partial charge in [-0.15, -0.1) is 0 Å². The van der Waals surface area contributed by atoms with E-state index in [1.807, 2.05) is 198 Å². The SMILES string of the molecule is C.C.C.C.C.C.C.C.C.C.C.C.C.C.C.C.CC.Cc1ccc2ccccc2n1.Cc1ccc2cccnc2c1.Cc1ccc2ncccc2c1.Cc1cccc2cccnc12.Cc1cccc2ncccc12.Cc1ccnc2ccccc12.Cc1cnc2ccccc2c1.c1ccc2ncccc2c1. The lowest BCUT2D eigenvalue weighted by molar-refractivity contribution is 1.26. The van der Waals surface area contributed by atoms with Gasteiger partial charge in [0, 0.05) is 92.2 Å². The minimum atomic E-state index is 0. The second-order valence-electron chi connectivity index (χ2n) is 20.9. The van der Waals surface area contributed by atoms with Crippen molar-refractivity contribution in [3.63, 3.8) is 0 Å². The molecule has 0 N–H and O–H groups in total. The molecule has 16 rings (SSSR count). The molecule has 0 fully saturated rings. The molecule has 8 aromatic carbocycles. The zero-order valence-corrected chi connectivity index (χ0v) is 52.4. The van der Waals surface area contributed by atoms with E-state index in [9.17, 15) is 0 Å². The van der Waals surface area contributed by atoms with Crippen LogP contribution in [0, 0.1) is 48.5 Å². The Bertz CT molecular complexity index is 4240. The van der Waals surface area contributed by atoms with Crippen molar-refractivity contribution < 1.29 is 0 Å². The summed E-state index contributed by atoms with van der Waals surface area (Å²) in [5, 5.41) is 9.75. The molecule has 105 heavy (non-hydrogen) atoms. The Hall–Kier alpha value is -11.0. The van der Waals surface area contributed by atoms with E-state index >= 15 is 0 Å². The normalized spacial score (nSPS) is 8.54. The molecule has 0 radical (unpaired) electrons. The molecule has 0 aliphatic rings. The summed E-state index contributed by atoms with van der Waals surface area (Å²) in [6.07, 6.45) is 12.8. The van der Waals surface area contributed by atoms with Crippen LogP contribution in [0.5, 0.6) is 0 Å². The summed E-state index contributed by atoms with van der Waals surface area (Å²) in [7, 11) is 0. The molecule has 0 saturated carbocycles. The molecule has 0 aliphatic heterocycles. The largest absolute Gasteiger partial charge is 0.256 e. The number of hydrogen-bond acceptors (Lipinski definition) is 8. The molecule has 0 unspecified atom stereocenters. The summed E-state index contributed by atoms with van der Waals surface area (Å²) in [5.74, 6) is 0. The first-order chi connectivity index (χ1) is 43.5. The molecular formula is C97H140N8. The van der Waals surface area contributed by atoms with Crippen molar-refractivity contribution >= 4 is 87.2 Å². The monoisotopic (exact) mass is 1420 g/mol. The van der Waals surface area contributed by atoms with Crippen LogP contribution in [0.2, 0.25) is 0 Å². The van der Waals surface area contributed by atoms with Crippen LogP contribution in [0.1, 0.15) is 172 Å². The smallest absolute Gasteiger partial charge is 0.0731 e. The van der Waals surface area contributed by atoms with Crippen molar-refractivity contribution in [1.29, 1.82) is 0 Å². The highest BCUT2D eigenvalue weighted by Crippen LogP contribution is 2.19. The van der Waals surface area contributed by atoms with E-state index in [2.05, 4.69) is 203 Å². The first-order valence-corrected chi connectivity index (χ1v) is 30.0. The van der Waals surface area contributed by atoms with Gasteiger partial charge in [-0.2, -0.15) is 0 Å². The fraction of sp³-hybridized carbons (Fsp3) is 0.258. The lowest BCUT2D eigenvalue weighted by Gasteiger charge is -1.97. The topological polar surface area (TPSA) is 103 Å². The Morgan fingerprint density at radius 3 is 1.10 bits per heavy atom. The average Bonchev–Trinajstić information content (AvgIpc) is 0.853. The summed E-state index contributed by atoms with van der Waals surface area (Å²) < 4.78 is 0. The van der Waals surface area contributed by atoms with Gasteiger partial charge in [-0.05, 0) is 173 Å². The number of aryl methyl sites for hydroxylation is 7. The Morgan fingerprint density at radius 2 is 0.533 bits per heavy atom. The first-order valence-electron chi connectivity index (χ1n) is 30.0. The van der Waals surface area contributed by atoms with Gasteiger partial charge < -0.3 is 0 Å². The van der Waals surface area contributed by atoms with Gasteiger partial charge in [0.1, 0.15) is 0 Å². The van der Waals surface area contributed by atoms with Gasteiger partial charge in [0.25, 0.3) is 0 Å². The second-order valence-corrected chi connectivity index (χ2v) is 20.9. The molecule has 8 nitrogen and oxygen atoms in total. The predicted octanol–water partition coefficient (Wildman–Crippen LogP) is 31.2. The summed E-state index contributed by atoms with van der Waals surface area (Å²) in [6, 6.07) is 85.9. The molecule has 16 aromatic rings. The Morgan fingerprint density at radius 1 is 0.200 bits per heavy atom. The van der Waals surface area contributed by atoms with Gasteiger partial charge in [-0.3, -0.25) is 39.9 Å². The zero-order valence-electron chi connectivity index (χ0n) is 52.4. The van der Waals surface area contributed by atoms with Crippen LogP contribution >= 0.6 is 0 Å². The molecule has 0 spiro atoms. The van der Waals surface area contributed by atoms with Crippen LogP contribution in [0.4, 0.5) is 0 Å². The molecule has 8 heterocycles. The Kier molecular flexibility index (Phi) is 63.8. The lowest BCUT2D eigenvalue weighted by atomic mass is 10.1. The number of benzene rings is 8. The number of rotatable bonds is 0. The predicted molar refractivity (Wildman–Crippen MR) is 486 cm³/mol. The third-order valence-corrected chi connectivity index (χ3v) is 14.1. The molecule has 0 atom stereocenters. The minimum absolute atomic E-state index is 0. The number of nitrogens with zero attached hydrogens (tertiary/aromatic N) is 8. The minimum Gasteiger partial charge on any atom is -0.256 e. The van der Waals surface area contributed by atoms with E-state index < -0.39 is 0 Å². The number of fused-ring (bicyclic) bond motifs is 8. The first kappa shape index (κ1) is 113. The standard InChI is InChI=1S/7C10H9N.C9H7N.C2H6.16CH4/c1-8-4-2-6-10-9(8)5-3-7-11-10;1-8-4-2-5-9-6-3-7-11-10(8)9;1-8-4-5-10-9(7-8)3-2-6-11-10;1-8-4-5-9-3-2-6-11-10(9)7-8;1-8-6-9-4-2-3-5-10(9)11-7-8;1-8-6-7-11-10-5-3-2-4-9(8)10;1-8-6-7-9-4-2-3-5-10(9)11-8;1-2-6-9-8(4-1)5-3-7-10-9;1-2;;;;;;;;;;;;;;;;/h7*2-7H,1H3;1-7H;1-2H3;16*1H4. The maximum absolute atomic E-state index is 4.38. The Labute approximate surface area is 641 Å². The fourth-order valence-corrected chi connectivity index (χ4v) is 9.49. The zero-order chi connectivity index (χ0) is 62.6. The number of aromatic nitrogens is 8. The molecule has 568 valence electrons. The van der Waals surface area contributed by atoms with Gasteiger partial charge >= 0.3 is 0 Å². The van der Waals surface area contributed by atoms with Crippen LogP contribution in [0.3, 0.4) is 0 Å². The van der Waals surface area contributed by atoms with E-state index in [-0.39, 0.29) is 119 Å². The molecular weight excluding hydrogens is 1280 g/mol. The molecule has 0 saturated heterocycles. The number of para-hydroxylation sites is 5. The van der Waals surface area contributed by atoms with Crippen molar-refractivity contribution in [2.75, 3.05) is 0 Å². The maximum atomic E-state index is 4.38. The van der Waals surface area contributed by atoms with Crippen LogP contribution < -0.4 is 0 Å². The van der Waals surface area contributed by atoms with Crippen molar-refractivity contribution in [1.82, 2.24) is 39.9 Å². The molecule has 0 amide bonds. The van der Waals surface area contributed by atoms with Crippen LogP contribution in [-0.2, 0) is 0 Å². The van der Waals surface area contributed by atoms with E-state index in [1.165, 1.54) is 76.5 Å². The molecule has 0 aliphatic carbocycles. The highest BCUT2D eigenvalue weighted by molar-refractivity contribution is 5.84. The number of pyridine rings is 8. The van der Waals surface area contributed by atoms with Gasteiger partial charge in [0.15, 0.2) is 0 Å². The lowest BCUT2D eigenvalue weighted by Crippen LogP contribution is -1.80. The third-order valence-electron chi connectivity index (χ3n) is 14.1. The molecule has 8 heteroatoms. The van der Waals surface area contributed by atoms with E-state index in [4.69, 9.17) is 0 Å². The second kappa shape index (κ2) is 59.6. The highest BCUT2D eigenvalue weighted by Gasteiger charge is 1.98. The van der Waals surface area contributed by atoms with E-state index in [0.29, 0.717) is 0 Å². The summed E-state index contributed by atoms with van der Waals surface area (Å²) >= 11 is 0. The van der Waals surface area contributed by atoms with E-state index in [1.54, 1.807) is 0 Å². The van der Waals surface area contributed by atoms with Crippen molar-refractivity contribution in [3.8, 4) is 0 Å². The van der Waals surface area contributed by atoms with Crippen LogP contribution in [0.15, 0.2) is 298 Å². The van der Waals surface area contributed by atoms with E-state index in [0.717, 1.165) is 49.8 Å². The van der Waals surface area contributed by atoms with Crippen molar-refractivity contribution in [2.45, 2.75) is 181 Å². The van der Waals surface area contributed by atoms with Gasteiger partial charge in [0.05, 0.1) is 44.1 Å². The Balaban J connectivity index is -0.000000140. The maximum Gasteiger partial charge on any atom is 0.0731 e. The summed E-state index contributed by atoms with van der Waals surface area (Å²) in [5.41, 5.74) is 17.2. The molecule has 8 aromatic heterocycles. The van der Waals surface area contributed by atoms with Crippen molar-refractivity contribution in [2.24, 2.45) is 0 Å². The summed E-state index contributed by atoms with van der Waals surface area (Å²) in [6.45, 7) is 18.5. The van der Waals surface area contributed by atoms with Gasteiger partial charge in [-0.25, -0.2) is 0 Å². The van der Waals surface area contributed by atoms with Crippen molar-refractivity contribution in [3.05, 3.63) is 337 Å².